The van der Waals surface area contributed by atoms with Gasteiger partial charge in [-0.3, -0.25) is 4.79 Å². The lowest BCUT2D eigenvalue weighted by Crippen LogP contribution is -2.22. The minimum atomic E-state index is 0.334. The van der Waals surface area contributed by atoms with Crippen molar-refractivity contribution in [2.24, 2.45) is 0 Å². The third-order valence-corrected chi connectivity index (χ3v) is 4.67. The van der Waals surface area contributed by atoms with E-state index in [1.807, 2.05) is 31.3 Å². The van der Waals surface area contributed by atoms with Gasteiger partial charge in [0.15, 0.2) is 0 Å². The highest BCUT2D eigenvalue weighted by molar-refractivity contribution is 8.03. The van der Waals surface area contributed by atoms with Crippen molar-refractivity contribution < 1.29 is 4.79 Å². The Morgan fingerprint density at radius 1 is 1.14 bits per heavy atom. The van der Waals surface area contributed by atoms with Gasteiger partial charge in [-0.05, 0) is 28.7 Å². The van der Waals surface area contributed by atoms with E-state index in [2.05, 4.69) is 40.3 Å². The molecule has 1 aliphatic rings. The number of thioether (sulfide) groups is 1. The van der Waals surface area contributed by atoms with Gasteiger partial charge in [0.2, 0.25) is 0 Å². The number of carbonyl (C=O) groups excluding carboxylic acids is 1. The van der Waals surface area contributed by atoms with E-state index < -0.39 is 0 Å². The highest BCUT2D eigenvalue weighted by Gasteiger charge is 2.18. The Balaban J connectivity index is 1.61. The monoisotopic (exact) mass is 310 g/mol. The maximum atomic E-state index is 10.7. The average molecular weight is 310 g/mol. The molecule has 4 heteroatoms. The fourth-order valence-corrected chi connectivity index (χ4v) is 3.39. The second-order valence-corrected chi connectivity index (χ2v) is 6.27. The van der Waals surface area contributed by atoms with Gasteiger partial charge < -0.3 is 10.6 Å². The summed E-state index contributed by atoms with van der Waals surface area (Å²) >= 11 is 1.80. The lowest BCUT2D eigenvalue weighted by Gasteiger charge is -2.13. The molecule has 0 radical (unpaired) electrons. The van der Waals surface area contributed by atoms with Crippen LogP contribution in [0.4, 0.5) is 5.69 Å². The van der Waals surface area contributed by atoms with E-state index in [1.54, 1.807) is 11.8 Å². The van der Waals surface area contributed by atoms with Crippen LogP contribution in [0.15, 0.2) is 53.9 Å². The van der Waals surface area contributed by atoms with Crippen LogP contribution in [0.1, 0.15) is 21.5 Å². The lowest BCUT2D eigenvalue weighted by molar-refractivity contribution is 0.112. The Bertz CT molecular complexity index is 677. The number of hydrogen-bond acceptors (Lipinski definition) is 4. The van der Waals surface area contributed by atoms with Crippen LogP contribution in [-0.4, -0.2) is 18.7 Å². The summed E-state index contributed by atoms with van der Waals surface area (Å²) in [6.45, 7) is 0. The zero-order valence-corrected chi connectivity index (χ0v) is 13.2. The van der Waals surface area contributed by atoms with Gasteiger partial charge in [0, 0.05) is 30.4 Å². The standard InChI is InChI=1S/C18H18N2OS/c1-19-16-8-6-15(7-9-16)17-12-22-18(20-17)10-13-2-4-14(11-21)5-3-13/h2-9,11-12,18-20H,10H2,1H3. The van der Waals surface area contributed by atoms with E-state index in [4.69, 9.17) is 0 Å². The van der Waals surface area contributed by atoms with E-state index in [9.17, 15) is 4.79 Å². The van der Waals surface area contributed by atoms with Crippen LogP contribution in [0, 0.1) is 0 Å². The van der Waals surface area contributed by atoms with Crippen molar-refractivity contribution in [2.45, 2.75) is 11.8 Å². The van der Waals surface area contributed by atoms with E-state index in [0.29, 0.717) is 5.37 Å². The number of rotatable bonds is 5. The summed E-state index contributed by atoms with van der Waals surface area (Å²) in [6, 6.07) is 16.2. The van der Waals surface area contributed by atoms with Gasteiger partial charge in [-0.25, -0.2) is 0 Å². The average Bonchev–Trinajstić information content (AvgIpc) is 3.04. The molecule has 0 aromatic heterocycles. The molecule has 0 spiro atoms. The quantitative estimate of drug-likeness (QED) is 0.825. The van der Waals surface area contributed by atoms with E-state index in [0.717, 1.165) is 24.0 Å². The molecule has 2 N–H and O–H groups in total. The van der Waals surface area contributed by atoms with E-state index >= 15 is 0 Å². The van der Waals surface area contributed by atoms with Crippen molar-refractivity contribution in [3.05, 3.63) is 70.6 Å². The van der Waals surface area contributed by atoms with E-state index in [-0.39, 0.29) is 0 Å². The number of anilines is 1. The summed E-state index contributed by atoms with van der Waals surface area (Å²) in [5.74, 6) is 0. The van der Waals surface area contributed by atoms with Gasteiger partial charge in [0.1, 0.15) is 6.29 Å². The Hall–Kier alpha value is -2.20. The third-order valence-electron chi connectivity index (χ3n) is 3.69. The Morgan fingerprint density at radius 2 is 1.86 bits per heavy atom. The van der Waals surface area contributed by atoms with Gasteiger partial charge in [-0.2, -0.15) is 0 Å². The smallest absolute Gasteiger partial charge is 0.150 e. The molecule has 0 fully saturated rings. The highest BCUT2D eigenvalue weighted by Crippen LogP contribution is 2.29. The molecular formula is C18H18N2OS. The molecule has 2 aromatic carbocycles. The minimum Gasteiger partial charge on any atom is -0.388 e. The van der Waals surface area contributed by atoms with Crippen LogP contribution in [0.5, 0.6) is 0 Å². The van der Waals surface area contributed by atoms with Crippen LogP contribution in [0.3, 0.4) is 0 Å². The second-order valence-electron chi connectivity index (χ2n) is 5.19. The normalized spacial score (nSPS) is 16.8. The van der Waals surface area contributed by atoms with Crippen molar-refractivity contribution in [1.82, 2.24) is 5.32 Å². The van der Waals surface area contributed by atoms with Crippen molar-refractivity contribution in [3.8, 4) is 0 Å². The summed E-state index contributed by atoms with van der Waals surface area (Å²) < 4.78 is 0. The molecule has 112 valence electrons. The lowest BCUT2D eigenvalue weighted by atomic mass is 10.1. The van der Waals surface area contributed by atoms with Crippen molar-refractivity contribution in [3.63, 3.8) is 0 Å². The van der Waals surface area contributed by atoms with Crippen LogP contribution >= 0.6 is 11.8 Å². The number of carbonyl (C=O) groups is 1. The molecule has 2 aromatic rings. The fraction of sp³-hybridized carbons (Fsp3) is 0.167. The first-order valence-corrected chi connectivity index (χ1v) is 8.17. The SMILES string of the molecule is CNc1ccc(C2=CSC(Cc3ccc(C=O)cc3)N2)cc1. The van der Waals surface area contributed by atoms with Gasteiger partial charge in [-0.1, -0.05) is 36.4 Å². The number of hydrogen-bond donors (Lipinski definition) is 2. The molecule has 1 aliphatic heterocycles. The topological polar surface area (TPSA) is 41.1 Å². The first-order valence-electron chi connectivity index (χ1n) is 7.23. The van der Waals surface area contributed by atoms with Crippen LogP contribution < -0.4 is 10.6 Å². The number of benzene rings is 2. The fourth-order valence-electron chi connectivity index (χ4n) is 2.40. The maximum Gasteiger partial charge on any atom is 0.150 e. The molecule has 1 unspecified atom stereocenters. The summed E-state index contributed by atoms with van der Waals surface area (Å²) in [5, 5.41) is 9.20. The summed E-state index contributed by atoms with van der Waals surface area (Å²) in [5.41, 5.74) is 5.43. The molecule has 0 aliphatic carbocycles. The van der Waals surface area contributed by atoms with Gasteiger partial charge in [0.25, 0.3) is 0 Å². The van der Waals surface area contributed by atoms with Crippen LogP contribution in [0.25, 0.3) is 5.70 Å². The molecule has 0 saturated heterocycles. The first-order chi connectivity index (χ1) is 10.8. The van der Waals surface area contributed by atoms with Crippen molar-refractivity contribution in [1.29, 1.82) is 0 Å². The second kappa shape index (κ2) is 6.71. The highest BCUT2D eigenvalue weighted by atomic mass is 32.2. The molecule has 0 amide bonds. The van der Waals surface area contributed by atoms with Crippen LogP contribution in [-0.2, 0) is 6.42 Å². The Labute approximate surface area is 134 Å². The Kier molecular flexibility index (Phi) is 4.49. The molecular weight excluding hydrogens is 292 g/mol. The number of aldehydes is 1. The molecule has 1 heterocycles. The molecule has 3 rings (SSSR count). The molecule has 0 saturated carbocycles. The predicted molar refractivity (Wildman–Crippen MR) is 94.0 cm³/mol. The minimum absolute atomic E-state index is 0.334. The summed E-state index contributed by atoms with van der Waals surface area (Å²) in [4.78, 5) is 10.7. The Morgan fingerprint density at radius 3 is 2.50 bits per heavy atom. The number of nitrogens with one attached hydrogen (secondary N) is 2. The van der Waals surface area contributed by atoms with Crippen molar-refractivity contribution >= 4 is 29.4 Å². The molecule has 1 atom stereocenters. The van der Waals surface area contributed by atoms with E-state index in [1.165, 1.54) is 16.8 Å². The van der Waals surface area contributed by atoms with Gasteiger partial charge in [0.05, 0.1) is 5.37 Å². The summed E-state index contributed by atoms with van der Waals surface area (Å²) in [6.07, 6.45) is 1.80. The zero-order chi connectivity index (χ0) is 15.4. The molecule has 22 heavy (non-hydrogen) atoms. The predicted octanol–water partition coefficient (Wildman–Crippen LogP) is 3.74. The molecule has 3 nitrogen and oxygen atoms in total. The van der Waals surface area contributed by atoms with Gasteiger partial charge >= 0.3 is 0 Å². The third kappa shape index (κ3) is 3.34. The van der Waals surface area contributed by atoms with Crippen molar-refractivity contribution in [2.75, 3.05) is 12.4 Å². The van der Waals surface area contributed by atoms with Gasteiger partial charge in [-0.15, -0.1) is 11.8 Å². The molecule has 0 bridgehead atoms. The maximum absolute atomic E-state index is 10.7. The first kappa shape index (κ1) is 14.7. The largest absolute Gasteiger partial charge is 0.388 e. The van der Waals surface area contributed by atoms with Crippen LogP contribution in [0.2, 0.25) is 0 Å². The zero-order valence-electron chi connectivity index (χ0n) is 12.4. The summed E-state index contributed by atoms with van der Waals surface area (Å²) in [7, 11) is 1.92.